The molecule has 2 rings (SSSR count). The number of halogens is 1. The molecule has 1 saturated heterocycles. The summed E-state index contributed by atoms with van der Waals surface area (Å²) in [6.45, 7) is 2.44. The van der Waals surface area contributed by atoms with E-state index >= 15 is 0 Å². The number of sulfonamides is 1. The highest BCUT2D eigenvalue weighted by atomic mass is 79.9. The average molecular weight is 334 g/mol. The average Bonchev–Trinajstić information content (AvgIpc) is 2.32. The molecule has 1 aliphatic rings. The summed E-state index contributed by atoms with van der Waals surface area (Å²) < 4.78 is 27.1. The Kier molecular flexibility index (Phi) is 4.11. The Hall–Kier alpha value is -0.430. The minimum Gasteiger partial charge on any atom is -0.392 e. The van der Waals surface area contributed by atoms with E-state index in [-0.39, 0.29) is 6.54 Å². The monoisotopic (exact) mass is 333 g/mol. The van der Waals surface area contributed by atoms with Gasteiger partial charge in [-0.3, -0.25) is 0 Å². The predicted molar refractivity (Wildman–Crippen MR) is 72.9 cm³/mol. The van der Waals surface area contributed by atoms with Crippen molar-refractivity contribution in [1.29, 1.82) is 0 Å². The Morgan fingerprint density at radius 1 is 1.44 bits per heavy atom. The molecule has 1 aromatic rings. The van der Waals surface area contributed by atoms with Crippen LogP contribution in [0.1, 0.15) is 18.4 Å². The molecule has 1 heterocycles. The lowest BCUT2D eigenvalue weighted by Crippen LogP contribution is -2.42. The largest absolute Gasteiger partial charge is 0.392 e. The summed E-state index contributed by atoms with van der Waals surface area (Å²) >= 11 is 3.34. The van der Waals surface area contributed by atoms with Crippen molar-refractivity contribution in [2.45, 2.75) is 30.8 Å². The molecule has 0 saturated carbocycles. The summed E-state index contributed by atoms with van der Waals surface area (Å²) in [5.41, 5.74) is 0.706. The second-order valence-electron chi connectivity index (χ2n) is 4.52. The maximum Gasteiger partial charge on any atom is 0.243 e. The van der Waals surface area contributed by atoms with E-state index in [2.05, 4.69) is 15.9 Å². The van der Waals surface area contributed by atoms with Crippen molar-refractivity contribution in [1.82, 2.24) is 4.31 Å². The molecule has 18 heavy (non-hydrogen) atoms. The van der Waals surface area contributed by atoms with Gasteiger partial charge in [-0.2, -0.15) is 4.31 Å². The quantitative estimate of drug-likeness (QED) is 0.899. The molecule has 1 N–H and O–H groups in total. The van der Waals surface area contributed by atoms with E-state index in [9.17, 15) is 13.5 Å². The third-order valence-corrected chi connectivity index (χ3v) is 6.06. The standard InChI is InChI=1S/C12H16BrNO3S/c1-9-11(13)5-2-6-12(9)18(16,17)14-7-3-4-10(15)8-14/h2,5-6,10,15H,3-4,7-8H2,1H3. The number of hydrogen-bond acceptors (Lipinski definition) is 3. The van der Waals surface area contributed by atoms with Crippen molar-refractivity contribution in [3.8, 4) is 0 Å². The molecule has 0 radical (unpaired) electrons. The first-order valence-electron chi connectivity index (χ1n) is 5.86. The lowest BCUT2D eigenvalue weighted by Gasteiger charge is -2.29. The van der Waals surface area contributed by atoms with Gasteiger partial charge in [0.25, 0.3) is 0 Å². The number of β-amino-alcohol motifs (C(OH)–C–C–N with tert-alkyl or cyclic N) is 1. The topological polar surface area (TPSA) is 57.6 Å². The normalized spacial score (nSPS) is 22.1. The Morgan fingerprint density at radius 3 is 2.83 bits per heavy atom. The summed E-state index contributed by atoms with van der Waals surface area (Å²) in [6, 6.07) is 5.14. The van der Waals surface area contributed by atoms with Crippen LogP contribution in [0.15, 0.2) is 27.6 Å². The van der Waals surface area contributed by atoms with Gasteiger partial charge < -0.3 is 5.11 Å². The van der Waals surface area contributed by atoms with Gasteiger partial charge in [-0.05, 0) is 37.5 Å². The fraction of sp³-hybridized carbons (Fsp3) is 0.500. The third-order valence-electron chi connectivity index (χ3n) is 3.20. The molecule has 1 unspecified atom stereocenters. The van der Waals surface area contributed by atoms with Crippen LogP contribution in [0.25, 0.3) is 0 Å². The SMILES string of the molecule is Cc1c(Br)cccc1S(=O)(=O)N1CCCC(O)C1. The van der Waals surface area contributed by atoms with Crippen LogP contribution < -0.4 is 0 Å². The van der Waals surface area contributed by atoms with Crippen LogP contribution >= 0.6 is 15.9 Å². The van der Waals surface area contributed by atoms with Crippen LogP contribution in [0.5, 0.6) is 0 Å². The van der Waals surface area contributed by atoms with Crippen LogP contribution in [0.3, 0.4) is 0 Å². The van der Waals surface area contributed by atoms with Crippen LogP contribution in [0.2, 0.25) is 0 Å². The van der Waals surface area contributed by atoms with E-state index in [1.165, 1.54) is 4.31 Å². The molecule has 0 aliphatic carbocycles. The lowest BCUT2D eigenvalue weighted by molar-refractivity contribution is 0.108. The van der Waals surface area contributed by atoms with E-state index in [0.29, 0.717) is 29.8 Å². The zero-order chi connectivity index (χ0) is 13.3. The molecule has 1 fully saturated rings. The Morgan fingerprint density at radius 2 is 2.17 bits per heavy atom. The van der Waals surface area contributed by atoms with Crippen molar-refractivity contribution in [3.63, 3.8) is 0 Å². The van der Waals surface area contributed by atoms with E-state index in [1.54, 1.807) is 19.1 Å². The van der Waals surface area contributed by atoms with E-state index in [1.807, 2.05) is 6.07 Å². The van der Waals surface area contributed by atoms with E-state index in [0.717, 1.165) is 4.47 Å². The van der Waals surface area contributed by atoms with Crippen molar-refractivity contribution >= 4 is 26.0 Å². The van der Waals surface area contributed by atoms with Crippen molar-refractivity contribution in [3.05, 3.63) is 28.2 Å². The fourth-order valence-electron chi connectivity index (χ4n) is 2.15. The van der Waals surface area contributed by atoms with E-state index < -0.39 is 16.1 Å². The van der Waals surface area contributed by atoms with Gasteiger partial charge in [0.2, 0.25) is 10.0 Å². The molecule has 1 aliphatic heterocycles. The van der Waals surface area contributed by atoms with Crippen molar-refractivity contribution in [2.24, 2.45) is 0 Å². The molecule has 0 amide bonds. The maximum absolute atomic E-state index is 12.5. The fourth-order valence-corrected chi connectivity index (χ4v) is 4.41. The highest BCUT2D eigenvalue weighted by molar-refractivity contribution is 9.10. The summed E-state index contributed by atoms with van der Waals surface area (Å²) in [4.78, 5) is 0.311. The highest BCUT2D eigenvalue weighted by Crippen LogP contribution is 2.27. The molecular formula is C12H16BrNO3S. The van der Waals surface area contributed by atoms with E-state index in [4.69, 9.17) is 0 Å². The van der Waals surface area contributed by atoms with Gasteiger partial charge in [0.05, 0.1) is 11.0 Å². The summed E-state index contributed by atoms with van der Waals surface area (Å²) in [5.74, 6) is 0. The first-order chi connectivity index (χ1) is 8.43. The highest BCUT2D eigenvalue weighted by Gasteiger charge is 2.30. The molecule has 1 atom stereocenters. The summed E-state index contributed by atoms with van der Waals surface area (Å²) in [7, 11) is -3.50. The predicted octanol–water partition coefficient (Wildman–Crippen LogP) is 1.90. The zero-order valence-electron chi connectivity index (χ0n) is 10.1. The van der Waals surface area contributed by atoms with Crippen LogP contribution in [0, 0.1) is 6.92 Å². The van der Waals surface area contributed by atoms with Gasteiger partial charge in [-0.15, -0.1) is 0 Å². The molecule has 4 nitrogen and oxygen atoms in total. The Labute approximate surface area is 116 Å². The van der Waals surface area contributed by atoms with Gasteiger partial charge in [0, 0.05) is 17.6 Å². The van der Waals surface area contributed by atoms with Crippen LogP contribution in [-0.4, -0.2) is 37.0 Å². The number of aliphatic hydroxyl groups is 1. The molecule has 0 aromatic heterocycles. The molecule has 0 spiro atoms. The molecule has 1 aromatic carbocycles. The van der Waals surface area contributed by atoms with Crippen molar-refractivity contribution in [2.75, 3.05) is 13.1 Å². The Balaban J connectivity index is 2.39. The molecule has 0 bridgehead atoms. The molecule has 6 heteroatoms. The van der Waals surface area contributed by atoms with Crippen LogP contribution in [0.4, 0.5) is 0 Å². The smallest absolute Gasteiger partial charge is 0.243 e. The van der Waals surface area contributed by atoms with Gasteiger partial charge in [-0.25, -0.2) is 8.42 Å². The maximum atomic E-state index is 12.5. The minimum absolute atomic E-state index is 0.189. The van der Waals surface area contributed by atoms with Gasteiger partial charge in [-0.1, -0.05) is 22.0 Å². The van der Waals surface area contributed by atoms with Gasteiger partial charge in [0.15, 0.2) is 0 Å². The number of benzene rings is 1. The van der Waals surface area contributed by atoms with Gasteiger partial charge in [0.1, 0.15) is 0 Å². The number of aliphatic hydroxyl groups excluding tert-OH is 1. The second-order valence-corrected chi connectivity index (χ2v) is 7.28. The minimum atomic E-state index is -3.50. The Bertz CT molecular complexity index is 544. The first-order valence-corrected chi connectivity index (χ1v) is 8.09. The van der Waals surface area contributed by atoms with Gasteiger partial charge >= 0.3 is 0 Å². The zero-order valence-corrected chi connectivity index (χ0v) is 12.5. The lowest BCUT2D eigenvalue weighted by atomic mass is 10.1. The first kappa shape index (κ1) is 14.0. The third kappa shape index (κ3) is 2.61. The van der Waals surface area contributed by atoms with Crippen molar-refractivity contribution < 1.29 is 13.5 Å². The van der Waals surface area contributed by atoms with Crippen LogP contribution in [-0.2, 0) is 10.0 Å². The molecule has 100 valence electrons. The number of nitrogens with zero attached hydrogens (tertiary/aromatic N) is 1. The number of rotatable bonds is 2. The summed E-state index contributed by atoms with van der Waals surface area (Å²) in [5, 5.41) is 9.60. The summed E-state index contributed by atoms with van der Waals surface area (Å²) in [6.07, 6.45) is 0.817. The second kappa shape index (κ2) is 5.28. The molecular weight excluding hydrogens is 318 g/mol. The number of piperidine rings is 1. The number of hydrogen-bond donors (Lipinski definition) is 1.